The van der Waals surface area contributed by atoms with Gasteiger partial charge in [-0.1, -0.05) is 37.8 Å². The molecule has 0 aliphatic heterocycles. The predicted octanol–water partition coefficient (Wildman–Crippen LogP) is 3.75. The SMILES string of the molecule is CCc1cc(CC)n2nc(-c3ccc(C#CCO)cc3)c(CC(=O)OC(C)(C)C)c2n1. The van der Waals surface area contributed by atoms with E-state index in [4.69, 9.17) is 19.9 Å². The molecule has 0 aliphatic carbocycles. The number of hydrogen-bond acceptors (Lipinski definition) is 5. The number of hydrogen-bond donors (Lipinski definition) is 1. The molecule has 6 nitrogen and oxygen atoms in total. The van der Waals surface area contributed by atoms with Gasteiger partial charge in [-0.25, -0.2) is 9.50 Å². The molecule has 0 fully saturated rings. The van der Waals surface area contributed by atoms with E-state index in [1.807, 2.05) is 49.6 Å². The van der Waals surface area contributed by atoms with E-state index in [0.29, 0.717) is 11.3 Å². The molecule has 0 bridgehead atoms. The number of ether oxygens (including phenoxy) is 1. The van der Waals surface area contributed by atoms with Crippen molar-refractivity contribution < 1.29 is 14.6 Å². The predicted molar refractivity (Wildman–Crippen MR) is 121 cm³/mol. The van der Waals surface area contributed by atoms with Gasteiger partial charge >= 0.3 is 5.97 Å². The molecule has 0 saturated carbocycles. The van der Waals surface area contributed by atoms with Crippen LogP contribution in [0.5, 0.6) is 0 Å². The maximum absolute atomic E-state index is 12.7. The van der Waals surface area contributed by atoms with E-state index in [2.05, 4.69) is 31.8 Å². The number of nitrogens with zero attached hydrogens (tertiary/aromatic N) is 3. The molecule has 1 N–H and O–H groups in total. The van der Waals surface area contributed by atoms with Gasteiger partial charge in [-0.3, -0.25) is 4.79 Å². The zero-order chi connectivity index (χ0) is 22.6. The Morgan fingerprint density at radius 2 is 1.87 bits per heavy atom. The number of benzene rings is 1. The molecule has 1 aromatic carbocycles. The molecule has 162 valence electrons. The van der Waals surface area contributed by atoms with Crippen molar-refractivity contribution in [3.63, 3.8) is 0 Å². The van der Waals surface area contributed by atoms with Crippen LogP contribution in [-0.2, 0) is 28.8 Å². The van der Waals surface area contributed by atoms with E-state index in [-0.39, 0.29) is 19.0 Å². The van der Waals surface area contributed by atoms with Crippen LogP contribution in [0, 0.1) is 11.8 Å². The van der Waals surface area contributed by atoms with Gasteiger partial charge in [-0.15, -0.1) is 0 Å². The van der Waals surface area contributed by atoms with Gasteiger partial charge in [0.05, 0.1) is 12.1 Å². The van der Waals surface area contributed by atoms with Crippen LogP contribution < -0.4 is 0 Å². The lowest BCUT2D eigenvalue weighted by Gasteiger charge is -2.19. The summed E-state index contributed by atoms with van der Waals surface area (Å²) < 4.78 is 7.42. The Morgan fingerprint density at radius 1 is 1.16 bits per heavy atom. The zero-order valence-corrected chi connectivity index (χ0v) is 18.8. The summed E-state index contributed by atoms with van der Waals surface area (Å²) in [5, 5.41) is 13.7. The summed E-state index contributed by atoms with van der Waals surface area (Å²) in [5.74, 6) is 5.23. The van der Waals surface area contributed by atoms with Crippen molar-refractivity contribution in [1.82, 2.24) is 14.6 Å². The van der Waals surface area contributed by atoms with Gasteiger partial charge < -0.3 is 9.84 Å². The average Bonchev–Trinajstić information content (AvgIpc) is 3.08. The zero-order valence-electron chi connectivity index (χ0n) is 18.8. The van der Waals surface area contributed by atoms with Crippen LogP contribution in [0.4, 0.5) is 0 Å². The van der Waals surface area contributed by atoms with Gasteiger partial charge in [-0.2, -0.15) is 5.10 Å². The highest BCUT2D eigenvalue weighted by molar-refractivity contribution is 5.81. The first-order valence-electron chi connectivity index (χ1n) is 10.6. The van der Waals surface area contributed by atoms with Crippen molar-refractivity contribution in [2.75, 3.05) is 6.61 Å². The fourth-order valence-electron chi connectivity index (χ4n) is 3.38. The Labute approximate surface area is 183 Å². The van der Waals surface area contributed by atoms with Crippen molar-refractivity contribution in [2.45, 2.75) is 59.5 Å². The molecule has 0 saturated heterocycles. The van der Waals surface area contributed by atoms with Crippen LogP contribution in [0.3, 0.4) is 0 Å². The smallest absolute Gasteiger partial charge is 0.311 e. The highest BCUT2D eigenvalue weighted by Crippen LogP contribution is 2.28. The molecule has 2 heterocycles. The third-order valence-corrected chi connectivity index (χ3v) is 4.75. The number of aromatic nitrogens is 3. The molecule has 2 aromatic heterocycles. The molecule has 0 amide bonds. The maximum atomic E-state index is 12.7. The van der Waals surface area contributed by atoms with E-state index in [9.17, 15) is 4.79 Å². The minimum absolute atomic E-state index is 0.0888. The van der Waals surface area contributed by atoms with E-state index >= 15 is 0 Å². The van der Waals surface area contributed by atoms with Gasteiger partial charge in [0, 0.05) is 28.1 Å². The first-order chi connectivity index (χ1) is 14.8. The second kappa shape index (κ2) is 9.32. The molecule has 3 rings (SSSR count). The summed E-state index contributed by atoms with van der Waals surface area (Å²) in [5.41, 5.74) is 5.29. The van der Waals surface area contributed by atoms with Gasteiger partial charge in [0.2, 0.25) is 0 Å². The largest absolute Gasteiger partial charge is 0.460 e. The summed E-state index contributed by atoms with van der Waals surface area (Å²) in [7, 11) is 0. The van der Waals surface area contributed by atoms with Crippen LogP contribution in [0.15, 0.2) is 30.3 Å². The Kier molecular flexibility index (Phi) is 6.77. The van der Waals surface area contributed by atoms with E-state index < -0.39 is 5.60 Å². The molecule has 0 unspecified atom stereocenters. The molecule has 0 aliphatic rings. The van der Waals surface area contributed by atoms with Gasteiger partial charge in [0.25, 0.3) is 0 Å². The molecule has 0 radical (unpaired) electrons. The highest BCUT2D eigenvalue weighted by Gasteiger charge is 2.24. The van der Waals surface area contributed by atoms with Crippen LogP contribution in [-0.4, -0.2) is 37.9 Å². The average molecular weight is 420 g/mol. The maximum Gasteiger partial charge on any atom is 0.311 e. The number of esters is 1. The monoisotopic (exact) mass is 419 g/mol. The quantitative estimate of drug-likeness (QED) is 0.503. The van der Waals surface area contributed by atoms with E-state index in [1.54, 1.807) is 0 Å². The third-order valence-electron chi connectivity index (χ3n) is 4.75. The highest BCUT2D eigenvalue weighted by atomic mass is 16.6. The number of aliphatic hydroxyl groups is 1. The summed E-state index contributed by atoms with van der Waals surface area (Å²) in [6, 6.07) is 9.67. The lowest BCUT2D eigenvalue weighted by molar-refractivity contribution is -0.153. The molecule has 31 heavy (non-hydrogen) atoms. The van der Waals surface area contributed by atoms with Gasteiger partial charge in [-0.05, 0) is 51.8 Å². The van der Waals surface area contributed by atoms with Crippen molar-refractivity contribution in [1.29, 1.82) is 0 Å². The molecule has 3 aromatic rings. The van der Waals surface area contributed by atoms with Gasteiger partial charge in [0.15, 0.2) is 5.65 Å². The number of aliphatic hydroxyl groups excluding tert-OH is 1. The minimum Gasteiger partial charge on any atom is -0.460 e. The molecule has 6 heteroatoms. The molecule has 0 spiro atoms. The van der Waals surface area contributed by atoms with Crippen molar-refractivity contribution in [3.8, 4) is 23.1 Å². The van der Waals surface area contributed by atoms with E-state index in [1.165, 1.54) is 0 Å². The lowest BCUT2D eigenvalue weighted by Crippen LogP contribution is -2.25. The van der Waals surface area contributed by atoms with Crippen molar-refractivity contribution in [2.24, 2.45) is 0 Å². The van der Waals surface area contributed by atoms with Crippen LogP contribution in [0.2, 0.25) is 0 Å². The summed E-state index contributed by atoms with van der Waals surface area (Å²) in [6.45, 7) is 9.54. The number of fused-ring (bicyclic) bond motifs is 1. The van der Waals surface area contributed by atoms with Crippen molar-refractivity contribution in [3.05, 3.63) is 52.8 Å². The first kappa shape index (κ1) is 22.5. The summed E-state index contributed by atoms with van der Waals surface area (Å²) in [6.07, 6.45) is 1.69. The first-order valence-corrected chi connectivity index (χ1v) is 10.6. The van der Waals surface area contributed by atoms with Crippen LogP contribution in [0.25, 0.3) is 16.9 Å². The lowest BCUT2D eigenvalue weighted by atomic mass is 10.0. The Hall–Kier alpha value is -3.17. The molecule has 0 atom stereocenters. The molecular formula is C25H29N3O3. The van der Waals surface area contributed by atoms with Crippen molar-refractivity contribution >= 4 is 11.6 Å². The Balaban J connectivity index is 2.15. The van der Waals surface area contributed by atoms with E-state index in [0.717, 1.165) is 40.9 Å². The number of aryl methyl sites for hydroxylation is 2. The Morgan fingerprint density at radius 3 is 2.45 bits per heavy atom. The minimum atomic E-state index is -0.566. The fourth-order valence-corrected chi connectivity index (χ4v) is 3.38. The van der Waals surface area contributed by atoms with Gasteiger partial charge in [0.1, 0.15) is 12.2 Å². The number of carbonyl (C=O) groups is 1. The second-order valence-electron chi connectivity index (χ2n) is 8.31. The third kappa shape index (κ3) is 5.31. The summed E-state index contributed by atoms with van der Waals surface area (Å²) in [4.78, 5) is 17.5. The van der Waals surface area contributed by atoms with Crippen LogP contribution >= 0.6 is 0 Å². The number of carbonyl (C=O) groups excluding carboxylic acids is 1. The normalized spacial score (nSPS) is 11.3. The second-order valence-corrected chi connectivity index (χ2v) is 8.31. The standard InChI is InChI=1S/C25H29N3O3/c1-6-19-15-20(7-2)28-24(26-19)21(16-22(30)31-25(3,4)5)23(27-28)18-12-10-17(11-13-18)9-8-14-29/h10-13,15,29H,6-7,14,16H2,1-5H3. The fraction of sp³-hybridized carbons (Fsp3) is 0.400. The molecular weight excluding hydrogens is 390 g/mol. The topological polar surface area (TPSA) is 76.7 Å². The number of rotatable bonds is 5. The Bertz CT molecular complexity index is 1140. The summed E-state index contributed by atoms with van der Waals surface area (Å²) >= 11 is 0. The van der Waals surface area contributed by atoms with Crippen LogP contribution in [0.1, 0.15) is 57.1 Å².